The molecule has 4 aromatic rings. The molecule has 218 valence electrons. The number of amides is 1. The monoisotopic (exact) mass is 556 g/mol. The zero-order valence-electron chi connectivity index (χ0n) is 25.1. The average Bonchev–Trinajstić information content (AvgIpc) is 3.60. The van der Waals surface area contributed by atoms with E-state index >= 15 is 0 Å². The lowest BCUT2D eigenvalue weighted by Gasteiger charge is -2.24. The highest BCUT2D eigenvalue weighted by Gasteiger charge is 2.19. The average molecular weight is 557 g/mol. The first-order chi connectivity index (χ1) is 19.7. The number of aromatic nitrogens is 4. The quantitative estimate of drug-likeness (QED) is 0.157. The highest BCUT2D eigenvalue weighted by Crippen LogP contribution is 2.26. The summed E-state index contributed by atoms with van der Waals surface area (Å²) in [5.41, 5.74) is 4.01. The number of imidazole rings is 2. The maximum absolute atomic E-state index is 13.7. The number of benzene rings is 2. The molecule has 0 atom stereocenters. The van der Waals surface area contributed by atoms with Gasteiger partial charge in [0.25, 0.3) is 5.91 Å². The van der Waals surface area contributed by atoms with Crippen LogP contribution in [0.5, 0.6) is 0 Å². The Morgan fingerprint density at radius 2 is 1.61 bits per heavy atom. The summed E-state index contributed by atoms with van der Waals surface area (Å²) in [6.07, 6.45) is 8.88. The molecule has 0 aliphatic heterocycles. The molecule has 2 aromatic carbocycles. The van der Waals surface area contributed by atoms with E-state index in [0.29, 0.717) is 41.9 Å². The van der Waals surface area contributed by atoms with Crippen molar-refractivity contribution in [3.05, 3.63) is 72.3 Å². The van der Waals surface area contributed by atoms with Gasteiger partial charge in [0.1, 0.15) is 0 Å². The van der Waals surface area contributed by atoms with E-state index in [0.717, 1.165) is 55.6 Å². The minimum atomic E-state index is 0.0741. The van der Waals surface area contributed by atoms with Crippen LogP contribution in [0.3, 0.4) is 0 Å². The van der Waals surface area contributed by atoms with Crippen molar-refractivity contribution in [2.45, 2.75) is 73.4 Å². The van der Waals surface area contributed by atoms with Gasteiger partial charge >= 0.3 is 0 Å². The summed E-state index contributed by atoms with van der Waals surface area (Å²) in [6.45, 7) is 13.7. The van der Waals surface area contributed by atoms with Gasteiger partial charge < -0.3 is 19.4 Å². The molecule has 0 aliphatic carbocycles. The zero-order valence-corrected chi connectivity index (χ0v) is 25.1. The van der Waals surface area contributed by atoms with Crippen LogP contribution in [0.4, 0.5) is 11.6 Å². The van der Waals surface area contributed by atoms with Gasteiger partial charge in [-0.3, -0.25) is 9.59 Å². The van der Waals surface area contributed by atoms with Gasteiger partial charge in [0.05, 0.1) is 17.4 Å². The number of rotatable bonds is 15. The van der Waals surface area contributed by atoms with E-state index < -0.39 is 0 Å². The first-order valence-electron chi connectivity index (χ1n) is 14.9. The van der Waals surface area contributed by atoms with Crippen LogP contribution in [0.2, 0.25) is 0 Å². The summed E-state index contributed by atoms with van der Waals surface area (Å²) in [6, 6.07) is 13.4. The Kier molecular flexibility index (Phi) is 10.3. The smallest absolute Gasteiger partial charge is 0.253 e. The number of carbonyl (C=O) groups excluding carboxylic acids is 2. The first kappa shape index (κ1) is 30.0. The van der Waals surface area contributed by atoms with Crippen molar-refractivity contribution in [1.82, 2.24) is 24.0 Å². The normalized spacial score (nSPS) is 11.5. The molecule has 0 radical (unpaired) electrons. The zero-order chi connectivity index (χ0) is 29.4. The van der Waals surface area contributed by atoms with Gasteiger partial charge in [0, 0.05) is 61.8 Å². The highest BCUT2D eigenvalue weighted by atomic mass is 16.2. The second kappa shape index (κ2) is 14.1. The molecule has 1 amide bonds. The van der Waals surface area contributed by atoms with Crippen molar-refractivity contribution in [2.24, 2.45) is 11.8 Å². The Balaban J connectivity index is 1.64. The SMILES string of the molecule is CCC(=O)c1ccc(Nc2nc3ccc(C(=O)N(CCC(C)C)CCC(C)C)cc3n2CCCn2ccnc2)cc1. The Labute approximate surface area is 243 Å². The summed E-state index contributed by atoms with van der Waals surface area (Å²) in [5, 5.41) is 3.45. The fourth-order valence-electron chi connectivity index (χ4n) is 4.81. The maximum atomic E-state index is 13.7. The minimum Gasteiger partial charge on any atom is -0.339 e. The molecule has 0 aliphatic rings. The van der Waals surface area contributed by atoms with E-state index in [1.54, 1.807) is 6.20 Å². The van der Waals surface area contributed by atoms with E-state index in [9.17, 15) is 9.59 Å². The third-order valence-corrected chi connectivity index (χ3v) is 7.38. The van der Waals surface area contributed by atoms with Crippen molar-refractivity contribution in [3.63, 3.8) is 0 Å². The summed E-state index contributed by atoms with van der Waals surface area (Å²) < 4.78 is 4.21. The third-order valence-electron chi connectivity index (χ3n) is 7.38. The van der Waals surface area contributed by atoms with Gasteiger partial charge in [-0.25, -0.2) is 9.97 Å². The van der Waals surface area contributed by atoms with Crippen LogP contribution in [0.25, 0.3) is 11.0 Å². The molecular weight excluding hydrogens is 512 g/mol. The molecule has 41 heavy (non-hydrogen) atoms. The van der Waals surface area contributed by atoms with Gasteiger partial charge in [0.15, 0.2) is 5.78 Å². The summed E-state index contributed by atoms with van der Waals surface area (Å²) >= 11 is 0. The van der Waals surface area contributed by atoms with Crippen LogP contribution >= 0.6 is 0 Å². The van der Waals surface area contributed by atoms with Crippen molar-refractivity contribution in [1.29, 1.82) is 0 Å². The van der Waals surface area contributed by atoms with Crippen LogP contribution in [0, 0.1) is 11.8 Å². The van der Waals surface area contributed by atoms with Crippen LogP contribution in [0.1, 0.15) is 81.0 Å². The molecule has 8 nitrogen and oxygen atoms in total. The van der Waals surface area contributed by atoms with E-state index in [1.165, 1.54) is 0 Å². The van der Waals surface area contributed by atoms with E-state index in [4.69, 9.17) is 4.98 Å². The van der Waals surface area contributed by atoms with Crippen molar-refractivity contribution >= 4 is 34.4 Å². The minimum absolute atomic E-state index is 0.0741. The topological polar surface area (TPSA) is 85.0 Å². The number of aryl methyl sites for hydroxylation is 2. The van der Waals surface area contributed by atoms with Gasteiger partial charge in [-0.05, 0) is 73.6 Å². The molecule has 0 bridgehead atoms. The van der Waals surface area contributed by atoms with Gasteiger partial charge in [-0.15, -0.1) is 0 Å². The lowest BCUT2D eigenvalue weighted by Crippen LogP contribution is -2.34. The van der Waals surface area contributed by atoms with E-state index in [2.05, 4.69) is 47.1 Å². The maximum Gasteiger partial charge on any atom is 0.253 e. The second-order valence-electron chi connectivity index (χ2n) is 11.6. The van der Waals surface area contributed by atoms with Crippen LogP contribution in [-0.4, -0.2) is 48.8 Å². The van der Waals surface area contributed by atoms with E-state index in [-0.39, 0.29) is 11.7 Å². The molecule has 2 aromatic heterocycles. The standard InChI is InChI=1S/C33H44N6O2/c1-6-31(40)26-8-11-28(12-9-26)35-33-36-29-13-10-27(32(41)38(19-14-24(2)3)20-15-25(4)5)22-30(29)39(33)18-7-17-37-21-16-34-23-37/h8-13,16,21-25H,6-7,14-15,17-20H2,1-5H3,(H,35,36). The number of carbonyl (C=O) groups is 2. The number of nitrogens with zero attached hydrogens (tertiary/aromatic N) is 5. The predicted molar refractivity (Wildman–Crippen MR) is 166 cm³/mol. The number of fused-ring (bicyclic) bond motifs is 1. The van der Waals surface area contributed by atoms with Crippen molar-refractivity contribution in [2.75, 3.05) is 18.4 Å². The lowest BCUT2D eigenvalue weighted by molar-refractivity contribution is 0.0740. The number of hydrogen-bond acceptors (Lipinski definition) is 5. The molecule has 0 saturated carbocycles. The summed E-state index contributed by atoms with van der Waals surface area (Å²) in [5.74, 6) is 1.97. The van der Waals surface area contributed by atoms with Crippen molar-refractivity contribution in [3.8, 4) is 0 Å². The largest absolute Gasteiger partial charge is 0.339 e. The van der Waals surface area contributed by atoms with Crippen molar-refractivity contribution < 1.29 is 9.59 Å². The molecule has 2 heterocycles. The fourth-order valence-corrected chi connectivity index (χ4v) is 4.81. The van der Waals surface area contributed by atoms with E-state index in [1.807, 2.05) is 66.8 Å². The van der Waals surface area contributed by atoms with Crippen LogP contribution in [0.15, 0.2) is 61.2 Å². The van der Waals surface area contributed by atoms with Gasteiger partial charge in [-0.2, -0.15) is 0 Å². The molecule has 1 N–H and O–H groups in total. The fraction of sp³-hybridized carbons (Fsp3) is 0.455. The number of Topliss-reactive ketones (excluding diaryl/α,β-unsaturated/α-hetero) is 1. The number of ketones is 1. The Bertz CT molecular complexity index is 1410. The highest BCUT2D eigenvalue weighted by molar-refractivity contribution is 5.98. The molecule has 4 rings (SSSR count). The molecule has 0 fully saturated rings. The van der Waals surface area contributed by atoms with Gasteiger partial charge in [0.2, 0.25) is 5.95 Å². The second-order valence-corrected chi connectivity index (χ2v) is 11.6. The molecular formula is C33H44N6O2. The predicted octanol–water partition coefficient (Wildman–Crippen LogP) is 7.19. The molecule has 0 spiro atoms. The third kappa shape index (κ3) is 8.06. The molecule has 0 unspecified atom stereocenters. The summed E-state index contributed by atoms with van der Waals surface area (Å²) in [4.78, 5) is 36.9. The molecule has 0 saturated heterocycles. The Morgan fingerprint density at radius 1 is 0.927 bits per heavy atom. The first-order valence-corrected chi connectivity index (χ1v) is 14.9. The van der Waals surface area contributed by atoms with Crippen LogP contribution in [-0.2, 0) is 13.1 Å². The summed E-state index contributed by atoms with van der Waals surface area (Å²) in [7, 11) is 0. The van der Waals surface area contributed by atoms with Gasteiger partial charge in [-0.1, -0.05) is 34.6 Å². The number of anilines is 2. The Hall–Kier alpha value is -3.94. The number of hydrogen-bond donors (Lipinski definition) is 1. The lowest BCUT2D eigenvalue weighted by atomic mass is 10.1. The molecule has 8 heteroatoms. The Morgan fingerprint density at radius 3 is 2.22 bits per heavy atom. The van der Waals surface area contributed by atoms with Crippen LogP contribution < -0.4 is 5.32 Å². The number of nitrogens with one attached hydrogen (secondary N) is 1.